The van der Waals surface area contributed by atoms with Crippen LogP contribution < -0.4 is 10.2 Å². The molecule has 0 saturated carbocycles. The zero-order valence-electron chi connectivity index (χ0n) is 15.9. The topological polar surface area (TPSA) is 35.6 Å². The fraction of sp³-hybridized carbons (Fsp3) is 0.667. The lowest BCUT2D eigenvalue weighted by Crippen LogP contribution is -2.49. The van der Waals surface area contributed by atoms with E-state index in [-0.39, 0.29) is 5.91 Å². The Morgan fingerprint density at radius 2 is 1.70 bits per heavy atom. The molecule has 6 heteroatoms. The summed E-state index contributed by atoms with van der Waals surface area (Å²) in [5, 5.41) is 3.01. The van der Waals surface area contributed by atoms with Crippen LogP contribution in [0.25, 0.3) is 0 Å². The van der Waals surface area contributed by atoms with Gasteiger partial charge in [0.25, 0.3) is 0 Å². The smallest absolute Gasteiger partial charge is 0.220 e. The number of hydrogen-bond donors (Lipinski definition) is 1. The van der Waals surface area contributed by atoms with Crippen molar-refractivity contribution in [3.63, 3.8) is 0 Å². The standard InChI is InChI=1S/C21H29F2N3O/c22-18-2-1-17(15-19(18)23)25-11-4-16(5-12-25)26-13-8-21(9-14-26)6-3-20(27)24-10-7-21/h1-2,15-16H,3-14H2,(H,24,27). The summed E-state index contributed by atoms with van der Waals surface area (Å²) >= 11 is 0. The van der Waals surface area contributed by atoms with Crippen LogP contribution in [0.4, 0.5) is 14.5 Å². The third-order valence-electron chi connectivity index (χ3n) is 6.97. The van der Waals surface area contributed by atoms with E-state index in [2.05, 4.69) is 15.1 Å². The Bertz CT molecular complexity index is 680. The molecule has 1 N–H and O–H groups in total. The van der Waals surface area contributed by atoms with Crippen LogP contribution in [0.2, 0.25) is 0 Å². The minimum absolute atomic E-state index is 0.207. The fourth-order valence-corrected chi connectivity index (χ4v) is 5.09. The number of likely N-dealkylation sites (tertiary alicyclic amines) is 1. The van der Waals surface area contributed by atoms with Crippen molar-refractivity contribution in [1.82, 2.24) is 10.2 Å². The Morgan fingerprint density at radius 3 is 2.41 bits per heavy atom. The second-order valence-corrected chi connectivity index (χ2v) is 8.45. The SMILES string of the molecule is O=C1CCC2(CCN1)CCN(C1CCN(c3ccc(F)c(F)c3)CC1)CC2. The van der Waals surface area contributed by atoms with Gasteiger partial charge in [0.2, 0.25) is 5.91 Å². The summed E-state index contributed by atoms with van der Waals surface area (Å²) in [6, 6.07) is 4.77. The van der Waals surface area contributed by atoms with Crippen molar-refractivity contribution in [3.8, 4) is 0 Å². The predicted molar refractivity (Wildman–Crippen MR) is 102 cm³/mol. The van der Waals surface area contributed by atoms with Crippen LogP contribution in [0.15, 0.2) is 18.2 Å². The van der Waals surface area contributed by atoms with Crippen molar-refractivity contribution < 1.29 is 13.6 Å². The highest BCUT2D eigenvalue weighted by Gasteiger charge is 2.38. The molecule has 1 amide bonds. The predicted octanol–water partition coefficient (Wildman–Crippen LogP) is 3.32. The van der Waals surface area contributed by atoms with E-state index in [1.807, 2.05) is 0 Å². The lowest BCUT2D eigenvalue weighted by atomic mass is 9.72. The molecule has 0 aromatic heterocycles. The molecule has 1 spiro atoms. The molecule has 0 unspecified atom stereocenters. The molecule has 148 valence electrons. The van der Waals surface area contributed by atoms with Gasteiger partial charge in [-0.1, -0.05) is 0 Å². The Balaban J connectivity index is 1.29. The number of carbonyl (C=O) groups is 1. The van der Waals surface area contributed by atoms with Crippen LogP contribution in [0, 0.1) is 17.0 Å². The van der Waals surface area contributed by atoms with Gasteiger partial charge in [-0.3, -0.25) is 4.79 Å². The average Bonchev–Trinajstić information content (AvgIpc) is 2.87. The van der Waals surface area contributed by atoms with Crippen molar-refractivity contribution in [2.45, 2.75) is 51.0 Å². The van der Waals surface area contributed by atoms with Crippen LogP contribution in [-0.4, -0.2) is 49.6 Å². The Hall–Kier alpha value is -1.69. The third kappa shape index (κ3) is 4.10. The molecule has 0 aliphatic carbocycles. The molecule has 0 atom stereocenters. The fourth-order valence-electron chi connectivity index (χ4n) is 5.09. The molecule has 0 bridgehead atoms. The quantitative estimate of drug-likeness (QED) is 0.859. The zero-order valence-corrected chi connectivity index (χ0v) is 15.9. The van der Waals surface area contributed by atoms with E-state index in [1.165, 1.54) is 25.0 Å². The summed E-state index contributed by atoms with van der Waals surface area (Å²) in [5.41, 5.74) is 1.13. The van der Waals surface area contributed by atoms with Crippen molar-refractivity contribution >= 4 is 11.6 Å². The van der Waals surface area contributed by atoms with Gasteiger partial charge in [0.1, 0.15) is 0 Å². The Morgan fingerprint density at radius 1 is 0.963 bits per heavy atom. The van der Waals surface area contributed by atoms with E-state index in [1.54, 1.807) is 6.07 Å². The van der Waals surface area contributed by atoms with E-state index >= 15 is 0 Å². The first-order valence-electron chi connectivity index (χ1n) is 10.3. The number of anilines is 1. The second kappa shape index (κ2) is 7.74. The molecule has 27 heavy (non-hydrogen) atoms. The number of rotatable bonds is 2. The largest absolute Gasteiger partial charge is 0.371 e. The summed E-state index contributed by atoms with van der Waals surface area (Å²) in [6.07, 6.45) is 7.31. The van der Waals surface area contributed by atoms with Crippen LogP contribution >= 0.6 is 0 Å². The molecule has 4 rings (SSSR count). The first-order valence-corrected chi connectivity index (χ1v) is 10.3. The summed E-state index contributed by atoms with van der Waals surface area (Å²) in [6.45, 7) is 4.82. The first-order chi connectivity index (χ1) is 13.0. The number of benzene rings is 1. The van der Waals surface area contributed by atoms with Crippen molar-refractivity contribution in [1.29, 1.82) is 0 Å². The molecular formula is C21H29F2N3O. The molecule has 4 nitrogen and oxygen atoms in total. The van der Waals surface area contributed by atoms with Gasteiger partial charge in [-0.05, 0) is 69.2 Å². The molecule has 3 fully saturated rings. The van der Waals surface area contributed by atoms with Crippen molar-refractivity contribution in [2.75, 3.05) is 37.6 Å². The lowest BCUT2D eigenvalue weighted by Gasteiger charge is -2.46. The van der Waals surface area contributed by atoms with Crippen LogP contribution in [0.1, 0.15) is 44.9 Å². The van der Waals surface area contributed by atoms with E-state index in [9.17, 15) is 13.6 Å². The Kier molecular flexibility index (Phi) is 5.35. The second-order valence-electron chi connectivity index (χ2n) is 8.45. The maximum atomic E-state index is 13.5. The van der Waals surface area contributed by atoms with Gasteiger partial charge >= 0.3 is 0 Å². The lowest BCUT2D eigenvalue weighted by molar-refractivity contribution is -0.121. The van der Waals surface area contributed by atoms with Crippen molar-refractivity contribution in [3.05, 3.63) is 29.8 Å². The molecular weight excluding hydrogens is 348 g/mol. The number of nitrogens with zero attached hydrogens (tertiary/aromatic N) is 2. The number of piperidine rings is 2. The van der Waals surface area contributed by atoms with E-state index in [0.29, 0.717) is 17.9 Å². The third-order valence-corrected chi connectivity index (χ3v) is 6.97. The number of halogens is 2. The summed E-state index contributed by atoms with van der Waals surface area (Å²) in [4.78, 5) is 16.4. The van der Waals surface area contributed by atoms with Gasteiger partial charge in [-0.25, -0.2) is 8.78 Å². The highest BCUT2D eigenvalue weighted by molar-refractivity contribution is 5.76. The maximum absolute atomic E-state index is 13.5. The van der Waals surface area contributed by atoms with E-state index < -0.39 is 11.6 Å². The van der Waals surface area contributed by atoms with Gasteiger partial charge in [-0.15, -0.1) is 0 Å². The monoisotopic (exact) mass is 377 g/mol. The van der Waals surface area contributed by atoms with Gasteiger partial charge < -0.3 is 15.1 Å². The van der Waals surface area contributed by atoms with Gasteiger partial charge in [0.15, 0.2) is 11.6 Å². The number of nitrogens with one attached hydrogen (secondary N) is 1. The van der Waals surface area contributed by atoms with Gasteiger partial charge in [-0.2, -0.15) is 0 Å². The first kappa shape index (κ1) is 18.7. The number of carbonyl (C=O) groups excluding carboxylic acids is 1. The Labute approximate surface area is 159 Å². The zero-order chi connectivity index (χ0) is 18.9. The maximum Gasteiger partial charge on any atom is 0.220 e. The molecule has 3 aliphatic rings. The van der Waals surface area contributed by atoms with Crippen LogP contribution in [-0.2, 0) is 4.79 Å². The van der Waals surface area contributed by atoms with Crippen LogP contribution in [0.3, 0.4) is 0 Å². The molecule has 0 radical (unpaired) electrons. The molecule has 3 aliphatic heterocycles. The highest BCUT2D eigenvalue weighted by Crippen LogP contribution is 2.41. The summed E-state index contributed by atoms with van der Waals surface area (Å²) in [7, 11) is 0. The van der Waals surface area contributed by atoms with Gasteiger partial charge in [0, 0.05) is 43.9 Å². The van der Waals surface area contributed by atoms with E-state index in [0.717, 1.165) is 64.1 Å². The van der Waals surface area contributed by atoms with E-state index in [4.69, 9.17) is 0 Å². The van der Waals surface area contributed by atoms with Gasteiger partial charge in [0.05, 0.1) is 0 Å². The summed E-state index contributed by atoms with van der Waals surface area (Å²) in [5.74, 6) is -1.35. The minimum atomic E-state index is -0.786. The summed E-state index contributed by atoms with van der Waals surface area (Å²) < 4.78 is 26.6. The molecule has 1 aromatic carbocycles. The molecule has 3 saturated heterocycles. The molecule has 1 aromatic rings. The normalized spacial score (nSPS) is 24.7. The minimum Gasteiger partial charge on any atom is -0.371 e. The number of hydrogen-bond acceptors (Lipinski definition) is 3. The average molecular weight is 377 g/mol. The molecule has 3 heterocycles. The van der Waals surface area contributed by atoms with Crippen LogP contribution in [0.5, 0.6) is 0 Å². The number of amides is 1. The highest BCUT2D eigenvalue weighted by atomic mass is 19.2. The van der Waals surface area contributed by atoms with Crippen molar-refractivity contribution in [2.24, 2.45) is 5.41 Å².